The van der Waals surface area contributed by atoms with Gasteiger partial charge in [0, 0.05) is 0 Å². The highest BCUT2D eigenvalue weighted by atomic mass is 35.5. The number of nitrogens with zero attached hydrogens (tertiary/aromatic N) is 2. The Morgan fingerprint density at radius 2 is 2.33 bits per heavy atom. The van der Waals surface area contributed by atoms with Gasteiger partial charge in [0.2, 0.25) is 0 Å². The van der Waals surface area contributed by atoms with Crippen molar-refractivity contribution < 1.29 is 0 Å². The number of aryl methyl sites for hydroxylation is 1. The van der Waals surface area contributed by atoms with Gasteiger partial charge in [-0.3, -0.25) is 0 Å². The highest BCUT2D eigenvalue weighted by Crippen LogP contribution is 2.31. The molecule has 0 aliphatic rings. The molecule has 0 saturated heterocycles. The van der Waals surface area contributed by atoms with Gasteiger partial charge in [-0.1, -0.05) is 16.1 Å². The van der Waals surface area contributed by atoms with Crippen molar-refractivity contribution in [2.45, 2.75) is 6.92 Å². The van der Waals surface area contributed by atoms with E-state index in [-0.39, 0.29) is 0 Å². The lowest BCUT2D eigenvalue weighted by Gasteiger charge is -2.00. The molecule has 0 aliphatic carbocycles. The van der Waals surface area contributed by atoms with Crippen LogP contribution in [0.2, 0.25) is 5.02 Å². The van der Waals surface area contributed by atoms with Crippen molar-refractivity contribution in [1.82, 2.24) is 9.59 Å². The minimum absolute atomic E-state index is 0.616. The maximum Gasteiger partial charge on any atom is 0.126 e. The molecule has 2 N–H and O–H groups in total. The zero-order valence-corrected chi connectivity index (χ0v) is 7.91. The molecule has 0 atom stereocenters. The molecule has 0 fully saturated rings. The van der Waals surface area contributed by atoms with Gasteiger partial charge in [-0.2, -0.15) is 0 Å². The number of nitrogens with two attached hydrogens (primary N) is 1. The molecule has 1 heterocycles. The maximum atomic E-state index is 5.92. The van der Waals surface area contributed by atoms with Gasteiger partial charge >= 0.3 is 0 Å². The number of hydrogen-bond acceptors (Lipinski definition) is 4. The normalized spacial score (nSPS) is 10.8. The molecule has 12 heavy (non-hydrogen) atoms. The summed E-state index contributed by atoms with van der Waals surface area (Å²) in [6.45, 7) is 1.92. The minimum atomic E-state index is 0.616. The predicted octanol–water partition coefficient (Wildman–Crippen LogP) is 2.24. The second kappa shape index (κ2) is 2.57. The lowest BCUT2D eigenvalue weighted by molar-refractivity contribution is 1.20. The van der Waals surface area contributed by atoms with Gasteiger partial charge in [0.1, 0.15) is 10.2 Å². The molecule has 0 bridgehead atoms. The number of anilines is 1. The molecule has 0 saturated carbocycles. The van der Waals surface area contributed by atoms with Crippen LogP contribution in [0.1, 0.15) is 5.56 Å². The van der Waals surface area contributed by atoms with Crippen molar-refractivity contribution in [2.24, 2.45) is 0 Å². The van der Waals surface area contributed by atoms with Gasteiger partial charge in [-0.15, -0.1) is 5.10 Å². The van der Waals surface area contributed by atoms with E-state index in [1.165, 1.54) is 11.5 Å². The minimum Gasteiger partial charge on any atom is -0.397 e. The SMILES string of the molecule is Cc1cc(Cl)c2nnsc2c1N. The highest BCUT2D eigenvalue weighted by molar-refractivity contribution is 7.13. The molecule has 2 rings (SSSR count). The first-order valence-electron chi connectivity index (χ1n) is 3.37. The van der Waals surface area contributed by atoms with Gasteiger partial charge in [0.05, 0.1) is 10.7 Å². The Hall–Kier alpha value is -0.870. The Kier molecular flexibility index (Phi) is 1.66. The summed E-state index contributed by atoms with van der Waals surface area (Å²) in [7, 11) is 0. The van der Waals surface area contributed by atoms with Crippen molar-refractivity contribution in [1.29, 1.82) is 0 Å². The fourth-order valence-electron chi connectivity index (χ4n) is 1.04. The second-order valence-electron chi connectivity index (χ2n) is 2.54. The van der Waals surface area contributed by atoms with Crippen LogP contribution >= 0.6 is 23.1 Å². The van der Waals surface area contributed by atoms with Crippen molar-refractivity contribution in [3.05, 3.63) is 16.7 Å². The Labute approximate surface area is 78.3 Å². The lowest BCUT2D eigenvalue weighted by Crippen LogP contribution is -1.89. The summed E-state index contributed by atoms with van der Waals surface area (Å²) in [6.07, 6.45) is 0. The number of hydrogen-bond donors (Lipinski definition) is 1. The smallest absolute Gasteiger partial charge is 0.126 e. The lowest BCUT2D eigenvalue weighted by atomic mass is 10.2. The van der Waals surface area contributed by atoms with Crippen LogP contribution in [-0.4, -0.2) is 9.59 Å². The number of aromatic nitrogens is 2. The van der Waals surface area contributed by atoms with Crippen LogP contribution in [0.4, 0.5) is 5.69 Å². The van der Waals surface area contributed by atoms with Crippen LogP contribution in [0.5, 0.6) is 0 Å². The Bertz CT molecular complexity index is 437. The summed E-state index contributed by atoms with van der Waals surface area (Å²) in [4.78, 5) is 0. The average molecular weight is 200 g/mol. The highest BCUT2D eigenvalue weighted by Gasteiger charge is 2.08. The number of rotatable bonds is 0. The van der Waals surface area contributed by atoms with E-state index in [4.69, 9.17) is 17.3 Å². The third-order valence-corrected chi connectivity index (χ3v) is 2.77. The molecule has 5 heteroatoms. The molecule has 3 nitrogen and oxygen atoms in total. The van der Waals surface area contributed by atoms with E-state index in [1.807, 2.05) is 6.92 Å². The molecule has 2 aromatic rings. The van der Waals surface area contributed by atoms with Gasteiger partial charge in [-0.25, -0.2) is 0 Å². The zero-order valence-electron chi connectivity index (χ0n) is 6.34. The van der Waals surface area contributed by atoms with Crippen molar-refractivity contribution in [3.8, 4) is 0 Å². The predicted molar refractivity (Wildman–Crippen MR) is 51.6 cm³/mol. The second-order valence-corrected chi connectivity index (χ2v) is 3.70. The first kappa shape index (κ1) is 7.76. The summed E-state index contributed by atoms with van der Waals surface area (Å²) in [5.41, 5.74) is 8.20. The van der Waals surface area contributed by atoms with Gasteiger partial charge in [0.15, 0.2) is 0 Å². The zero-order chi connectivity index (χ0) is 8.72. The van der Waals surface area contributed by atoms with E-state index in [0.717, 1.165) is 16.0 Å². The Morgan fingerprint density at radius 1 is 1.58 bits per heavy atom. The first-order chi connectivity index (χ1) is 5.70. The monoisotopic (exact) mass is 199 g/mol. The van der Waals surface area contributed by atoms with E-state index in [2.05, 4.69) is 9.59 Å². The molecule has 0 amide bonds. The van der Waals surface area contributed by atoms with Crippen LogP contribution in [0.3, 0.4) is 0 Å². The maximum absolute atomic E-state index is 5.92. The number of halogens is 1. The fourth-order valence-corrected chi connectivity index (χ4v) is 2.09. The first-order valence-corrected chi connectivity index (χ1v) is 4.52. The summed E-state index contributed by atoms with van der Waals surface area (Å²) < 4.78 is 4.67. The molecule has 1 aromatic heterocycles. The number of fused-ring (bicyclic) bond motifs is 1. The average Bonchev–Trinajstić information content (AvgIpc) is 2.48. The van der Waals surface area contributed by atoms with Crippen LogP contribution in [0.25, 0.3) is 10.2 Å². The fraction of sp³-hybridized carbons (Fsp3) is 0.143. The third kappa shape index (κ3) is 0.956. The van der Waals surface area contributed by atoms with Gasteiger partial charge in [-0.05, 0) is 30.1 Å². The standard InChI is InChI=1S/C7H6ClN3S/c1-3-2-4(8)6-7(5(3)9)12-11-10-6/h2H,9H2,1H3. The summed E-state index contributed by atoms with van der Waals surface area (Å²) in [5, 5.41) is 4.49. The van der Waals surface area contributed by atoms with Crippen LogP contribution < -0.4 is 5.73 Å². The topological polar surface area (TPSA) is 51.8 Å². The van der Waals surface area contributed by atoms with E-state index < -0.39 is 0 Å². The van der Waals surface area contributed by atoms with Crippen LogP contribution in [-0.2, 0) is 0 Å². The summed E-state index contributed by atoms with van der Waals surface area (Å²) in [5.74, 6) is 0. The molecule has 0 unspecified atom stereocenters. The molecule has 62 valence electrons. The third-order valence-electron chi connectivity index (χ3n) is 1.73. The number of nitrogen functional groups attached to an aromatic ring is 1. The van der Waals surface area contributed by atoms with E-state index in [1.54, 1.807) is 6.07 Å². The van der Waals surface area contributed by atoms with Crippen LogP contribution in [0.15, 0.2) is 6.07 Å². The van der Waals surface area contributed by atoms with E-state index in [9.17, 15) is 0 Å². The summed E-state index contributed by atoms with van der Waals surface area (Å²) >= 11 is 7.20. The number of benzene rings is 1. The quantitative estimate of drug-likeness (QED) is 0.662. The largest absolute Gasteiger partial charge is 0.397 e. The molecule has 1 aromatic carbocycles. The summed E-state index contributed by atoms with van der Waals surface area (Å²) in [6, 6.07) is 1.81. The molecule has 0 radical (unpaired) electrons. The van der Waals surface area contributed by atoms with Crippen molar-refractivity contribution in [3.63, 3.8) is 0 Å². The van der Waals surface area contributed by atoms with Gasteiger partial charge in [0.25, 0.3) is 0 Å². The van der Waals surface area contributed by atoms with Gasteiger partial charge < -0.3 is 5.73 Å². The van der Waals surface area contributed by atoms with E-state index >= 15 is 0 Å². The van der Waals surface area contributed by atoms with Crippen molar-refractivity contribution >= 4 is 39.0 Å². The van der Waals surface area contributed by atoms with Crippen LogP contribution in [0, 0.1) is 6.92 Å². The molecule has 0 spiro atoms. The van der Waals surface area contributed by atoms with Crippen molar-refractivity contribution in [2.75, 3.05) is 5.73 Å². The Balaban J connectivity index is 2.97. The van der Waals surface area contributed by atoms with E-state index in [0.29, 0.717) is 10.5 Å². The molecule has 0 aliphatic heterocycles. The molecular formula is C7H6ClN3S. The molecular weight excluding hydrogens is 194 g/mol. The Morgan fingerprint density at radius 3 is 3.08 bits per heavy atom.